The molecule has 0 bridgehead atoms. The van der Waals surface area contributed by atoms with E-state index >= 15 is 0 Å². The summed E-state index contributed by atoms with van der Waals surface area (Å²) in [7, 11) is 8.00. The van der Waals surface area contributed by atoms with Crippen LogP contribution in [-0.4, -0.2) is 74.5 Å². The number of nitrogens with zero attached hydrogens (tertiary/aromatic N) is 2. The predicted octanol–water partition coefficient (Wildman–Crippen LogP) is 6.40. The minimum atomic E-state index is 0.180. The molecule has 218 valence electrons. The number of hydrogen-bond donors (Lipinski definition) is 3. The number of ether oxygens (including phenoxy) is 1. The molecule has 36 heavy (non-hydrogen) atoms. The van der Waals surface area contributed by atoms with Crippen molar-refractivity contribution in [1.82, 2.24) is 20.2 Å². The van der Waals surface area contributed by atoms with Crippen LogP contribution in [0, 0.1) is 41.4 Å². The SMILES string of the molecule is CC(C)C(C)CN(C)C.CC(C)C(CO)c1cnc[nH]1.CNCC(C)C(C)C.COCC(C)C(C)C. The standard InChI is InChI=1S/C8H14N2O.C8H19N.C7H17N.C7H16O/c1-6(2)7(4-11)8-3-9-5-10-8;1-7(2)8(3)6-9(4)5;2*1-6(2)7(3)5-8-4/h3,5-7,11H,4H2,1-2H3,(H,9,10);7-8H,6H2,1-5H3;6-8H,5H2,1-4H3;6-7H,5H2,1-4H3. The van der Waals surface area contributed by atoms with Crippen LogP contribution < -0.4 is 5.32 Å². The summed E-state index contributed by atoms with van der Waals surface area (Å²) in [6.07, 6.45) is 3.40. The first kappa shape index (κ1) is 39.6. The molecule has 4 unspecified atom stereocenters. The van der Waals surface area contributed by atoms with Crippen molar-refractivity contribution in [2.75, 3.05) is 54.6 Å². The minimum Gasteiger partial charge on any atom is -0.396 e. The van der Waals surface area contributed by atoms with Gasteiger partial charge in [0.1, 0.15) is 0 Å². The van der Waals surface area contributed by atoms with Gasteiger partial charge in [-0.1, -0.05) is 76.2 Å². The number of nitrogens with one attached hydrogen (secondary N) is 2. The summed E-state index contributed by atoms with van der Waals surface area (Å²) >= 11 is 0. The lowest BCUT2D eigenvalue weighted by atomic mass is 9.94. The normalized spacial score (nSPS) is 14.5. The number of aromatic amines is 1. The summed E-state index contributed by atoms with van der Waals surface area (Å²) in [4.78, 5) is 9.15. The Morgan fingerprint density at radius 2 is 1.36 bits per heavy atom. The van der Waals surface area contributed by atoms with Gasteiger partial charge in [0.15, 0.2) is 0 Å². The van der Waals surface area contributed by atoms with Crippen LogP contribution in [0.25, 0.3) is 0 Å². The molecule has 0 saturated heterocycles. The first-order valence-electron chi connectivity index (χ1n) is 14.0. The summed E-state index contributed by atoms with van der Waals surface area (Å²) in [6, 6.07) is 0. The third-order valence-corrected chi connectivity index (χ3v) is 6.94. The third-order valence-electron chi connectivity index (χ3n) is 6.94. The molecule has 6 heteroatoms. The fourth-order valence-electron chi connectivity index (χ4n) is 2.94. The maximum Gasteiger partial charge on any atom is 0.0921 e. The number of imidazole rings is 1. The van der Waals surface area contributed by atoms with Gasteiger partial charge in [-0.05, 0) is 69.1 Å². The largest absolute Gasteiger partial charge is 0.396 e. The molecule has 1 heterocycles. The van der Waals surface area contributed by atoms with Gasteiger partial charge in [0.25, 0.3) is 0 Å². The first-order valence-corrected chi connectivity index (χ1v) is 14.0. The quantitative estimate of drug-likeness (QED) is 0.301. The molecule has 0 radical (unpaired) electrons. The van der Waals surface area contributed by atoms with Gasteiger partial charge in [0.05, 0.1) is 12.9 Å². The van der Waals surface area contributed by atoms with E-state index in [-0.39, 0.29) is 12.5 Å². The molecule has 0 spiro atoms. The lowest BCUT2D eigenvalue weighted by Crippen LogP contribution is -2.22. The monoisotopic (exact) mass is 515 g/mol. The Kier molecular flexibility index (Phi) is 26.8. The third kappa shape index (κ3) is 23.4. The highest BCUT2D eigenvalue weighted by atomic mass is 16.5. The van der Waals surface area contributed by atoms with E-state index in [0.717, 1.165) is 48.4 Å². The van der Waals surface area contributed by atoms with Crippen molar-refractivity contribution in [2.45, 2.75) is 82.1 Å². The number of hydrogen-bond acceptors (Lipinski definition) is 5. The Balaban J connectivity index is -0.000000408. The molecular weight excluding hydrogens is 448 g/mol. The Morgan fingerprint density at radius 1 is 0.861 bits per heavy atom. The van der Waals surface area contributed by atoms with Crippen LogP contribution in [0.15, 0.2) is 12.5 Å². The minimum absolute atomic E-state index is 0.180. The summed E-state index contributed by atoms with van der Waals surface area (Å²) in [5.41, 5.74) is 1.02. The summed E-state index contributed by atoms with van der Waals surface area (Å²) in [6.45, 7) is 27.8. The second-order valence-corrected chi connectivity index (χ2v) is 12.0. The van der Waals surface area contributed by atoms with Crippen molar-refractivity contribution in [3.8, 4) is 0 Å². The zero-order chi connectivity index (χ0) is 28.8. The topological polar surface area (TPSA) is 73.4 Å². The molecule has 0 amide bonds. The Hall–Kier alpha value is -0.950. The van der Waals surface area contributed by atoms with Crippen molar-refractivity contribution in [3.05, 3.63) is 18.2 Å². The van der Waals surface area contributed by atoms with E-state index in [0.29, 0.717) is 11.8 Å². The highest BCUT2D eigenvalue weighted by Gasteiger charge is 2.15. The van der Waals surface area contributed by atoms with E-state index in [4.69, 9.17) is 9.84 Å². The first-order chi connectivity index (χ1) is 16.7. The van der Waals surface area contributed by atoms with Gasteiger partial charge in [0, 0.05) is 38.1 Å². The number of aromatic nitrogens is 2. The van der Waals surface area contributed by atoms with Crippen molar-refractivity contribution in [3.63, 3.8) is 0 Å². The number of rotatable bonds is 12. The lowest BCUT2D eigenvalue weighted by molar-refractivity contribution is 0.138. The van der Waals surface area contributed by atoms with Gasteiger partial charge in [-0.2, -0.15) is 0 Å². The smallest absolute Gasteiger partial charge is 0.0921 e. The van der Waals surface area contributed by atoms with Crippen LogP contribution >= 0.6 is 0 Å². The van der Waals surface area contributed by atoms with Crippen LogP contribution in [-0.2, 0) is 4.74 Å². The van der Waals surface area contributed by atoms with Gasteiger partial charge in [-0.25, -0.2) is 4.98 Å². The second-order valence-electron chi connectivity index (χ2n) is 12.0. The Labute approximate surface area is 226 Å². The maximum absolute atomic E-state index is 9.02. The Morgan fingerprint density at radius 3 is 1.56 bits per heavy atom. The zero-order valence-electron chi connectivity index (χ0n) is 26.9. The fraction of sp³-hybridized carbons (Fsp3) is 0.900. The maximum atomic E-state index is 9.02. The summed E-state index contributed by atoms with van der Waals surface area (Å²) in [5.74, 6) is 5.32. The van der Waals surface area contributed by atoms with Crippen LogP contribution in [0.2, 0.25) is 0 Å². The molecule has 1 aromatic rings. The average Bonchev–Trinajstić information content (AvgIpc) is 3.29. The molecule has 0 fully saturated rings. The molecule has 0 aliphatic carbocycles. The highest BCUT2D eigenvalue weighted by molar-refractivity contribution is 5.04. The van der Waals surface area contributed by atoms with Crippen LogP contribution in [0.1, 0.15) is 87.8 Å². The predicted molar refractivity (Wildman–Crippen MR) is 160 cm³/mol. The van der Waals surface area contributed by atoms with Crippen molar-refractivity contribution < 1.29 is 9.84 Å². The molecule has 0 aliphatic heterocycles. The molecule has 3 N–H and O–H groups in total. The molecular formula is C30H66N4O2. The number of aliphatic hydroxyl groups is 1. The van der Waals surface area contributed by atoms with Gasteiger partial charge in [-0.15, -0.1) is 0 Å². The zero-order valence-corrected chi connectivity index (χ0v) is 26.9. The van der Waals surface area contributed by atoms with Crippen molar-refractivity contribution in [1.29, 1.82) is 0 Å². The molecule has 0 aromatic carbocycles. The van der Waals surface area contributed by atoms with E-state index in [1.165, 1.54) is 6.54 Å². The van der Waals surface area contributed by atoms with E-state index in [1.54, 1.807) is 19.6 Å². The molecule has 0 saturated carbocycles. The van der Waals surface area contributed by atoms with Crippen molar-refractivity contribution in [2.24, 2.45) is 41.4 Å². The Bertz CT molecular complexity index is 529. The van der Waals surface area contributed by atoms with E-state index in [1.807, 2.05) is 7.05 Å². The number of methoxy groups -OCH3 is 1. The van der Waals surface area contributed by atoms with Gasteiger partial charge >= 0.3 is 0 Å². The lowest BCUT2D eigenvalue weighted by Gasteiger charge is -2.19. The molecule has 0 aliphatic rings. The van der Waals surface area contributed by atoms with E-state index < -0.39 is 0 Å². The van der Waals surface area contributed by atoms with E-state index in [9.17, 15) is 0 Å². The molecule has 1 aromatic heterocycles. The van der Waals surface area contributed by atoms with Crippen LogP contribution in [0.4, 0.5) is 0 Å². The summed E-state index contributed by atoms with van der Waals surface area (Å²) < 4.78 is 4.96. The average molecular weight is 515 g/mol. The van der Waals surface area contributed by atoms with Crippen molar-refractivity contribution >= 4 is 0 Å². The number of H-pyrrole nitrogens is 1. The molecule has 1 rings (SSSR count). The second kappa shape index (κ2) is 24.4. The van der Waals surface area contributed by atoms with Gasteiger partial charge < -0.3 is 25.0 Å². The van der Waals surface area contributed by atoms with Crippen LogP contribution in [0.3, 0.4) is 0 Å². The molecule has 6 nitrogen and oxygen atoms in total. The van der Waals surface area contributed by atoms with Gasteiger partial charge in [-0.3, -0.25) is 0 Å². The number of aliphatic hydroxyl groups excluding tert-OH is 1. The van der Waals surface area contributed by atoms with Crippen LogP contribution in [0.5, 0.6) is 0 Å². The van der Waals surface area contributed by atoms with E-state index in [2.05, 4.69) is 110 Å². The molecule has 4 atom stereocenters. The summed E-state index contributed by atoms with van der Waals surface area (Å²) in [5, 5.41) is 12.2. The van der Waals surface area contributed by atoms with Gasteiger partial charge in [0.2, 0.25) is 0 Å². The highest BCUT2D eigenvalue weighted by Crippen LogP contribution is 2.20. The fourth-order valence-corrected chi connectivity index (χ4v) is 2.94.